The highest BCUT2D eigenvalue weighted by Gasteiger charge is 2.19. The molecule has 2 heterocycles. The molecule has 0 aromatic carbocycles. The van der Waals surface area contributed by atoms with Gasteiger partial charge in [0.25, 0.3) is 0 Å². The summed E-state index contributed by atoms with van der Waals surface area (Å²) < 4.78 is 0. The maximum absolute atomic E-state index is 9.15. The minimum absolute atomic E-state index is 0.0784. The van der Waals surface area contributed by atoms with Gasteiger partial charge in [0.05, 0.1) is 29.1 Å². The molecule has 0 aliphatic rings. The van der Waals surface area contributed by atoms with E-state index in [2.05, 4.69) is 9.97 Å². The summed E-state index contributed by atoms with van der Waals surface area (Å²) in [7, 11) is 0. The van der Waals surface area contributed by atoms with E-state index >= 15 is 0 Å². The number of hydrogen-bond acceptors (Lipinski definition) is 6. The van der Waals surface area contributed by atoms with Crippen LogP contribution in [0.1, 0.15) is 17.2 Å². The van der Waals surface area contributed by atoms with Crippen molar-refractivity contribution in [1.29, 1.82) is 15.8 Å². The Morgan fingerprint density at radius 2 is 1.90 bits per heavy atom. The number of nitrogen functional groups attached to an aromatic ring is 1. The number of nitrogens with two attached hydrogens (primary N) is 1. The Bertz CT molecular complexity index is 747. The number of anilines is 1. The fourth-order valence-corrected chi connectivity index (χ4v) is 1.73. The van der Waals surface area contributed by atoms with Crippen LogP contribution < -0.4 is 5.73 Å². The highest BCUT2D eigenvalue weighted by molar-refractivity contribution is 5.73. The van der Waals surface area contributed by atoms with Gasteiger partial charge in [-0.05, 0) is 18.2 Å². The summed E-state index contributed by atoms with van der Waals surface area (Å²) in [5.41, 5.74) is 7.15. The van der Waals surface area contributed by atoms with Gasteiger partial charge in [0.2, 0.25) is 0 Å². The van der Waals surface area contributed by atoms with Crippen LogP contribution in [0.15, 0.2) is 30.5 Å². The number of nitrogens with zero attached hydrogens (tertiary/aromatic N) is 5. The summed E-state index contributed by atoms with van der Waals surface area (Å²) in [6.45, 7) is 0. The Hall–Kier alpha value is -3.43. The molecule has 20 heavy (non-hydrogen) atoms. The first kappa shape index (κ1) is 13.0. The molecule has 0 saturated carbocycles. The third-order valence-electron chi connectivity index (χ3n) is 2.67. The zero-order valence-electron chi connectivity index (χ0n) is 10.3. The zero-order chi connectivity index (χ0) is 14.5. The van der Waals surface area contributed by atoms with Crippen molar-refractivity contribution in [2.45, 2.75) is 5.92 Å². The molecule has 6 heteroatoms. The van der Waals surface area contributed by atoms with Crippen LogP contribution >= 0.6 is 0 Å². The molecule has 2 N–H and O–H groups in total. The SMILES string of the molecule is N#Cc1cc(-c2ccccn2)c(N)nc1C(C#N)C#N. The third kappa shape index (κ3) is 2.25. The van der Waals surface area contributed by atoms with E-state index < -0.39 is 5.92 Å². The maximum atomic E-state index is 9.15. The number of nitriles is 3. The van der Waals surface area contributed by atoms with Crippen molar-refractivity contribution in [2.75, 3.05) is 5.73 Å². The van der Waals surface area contributed by atoms with Gasteiger partial charge in [0.1, 0.15) is 11.9 Å². The van der Waals surface area contributed by atoms with Gasteiger partial charge in [-0.1, -0.05) is 6.07 Å². The monoisotopic (exact) mass is 260 g/mol. The lowest BCUT2D eigenvalue weighted by molar-refractivity contribution is 1.01. The molecule has 0 saturated heterocycles. The molecule has 0 spiro atoms. The summed E-state index contributed by atoms with van der Waals surface area (Å²) in [6, 6.07) is 12.3. The molecule has 0 unspecified atom stereocenters. The van der Waals surface area contributed by atoms with Gasteiger partial charge in [-0.15, -0.1) is 0 Å². The lowest BCUT2D eigenvalue weighted by atomic mass is 10.0. The molecule has 0 atom stereocenters. The second-order valence-electron chi connectivity index (χ2n) is 3.87. The van der Waals surface area contributed by atoms with Crippen molar-refractivity contribution < 1.29 is 0 Å². The van der Waals surface area contributed by atoms with Gasteiger partial charge in [0, 0.05) is 11.8 Å². The topological polar surface area (TPSA) is 123 Å². The predicted octanol–water partition coefficient (Wildman–Crippen LogP) is 1.73. The third-order valence-corrected chi connectivity index (χ3v) is 2.67. The Balaban J connectivity index is 2.65. The molecule has 2 rings (SSSR count). The minimum Gasteiger partial charge on any atom is -0.383 e. The molecule has 2 aromatic rings. The first-order chi connectivity index (χ1) is 9.71. The molecule has 0 amide bonds. The Morgan fingerprint density at radius 3 is 2.45 bits per heavy atom. The van der Waals surface area contributed by atoms with Gasteiger partial charge in [0.15, 0.2) is 5.92 Å². The van der Waals surface area contributed by atoms with E-state index in [4.69, 9.17) is 21.5 Å². The molecular formula is C14H8N6. The molecule has 2 aromatic heterocycles. The van der Waals surface area contributed by atoms with Crippen LogP contribution in [0.4, 0.5) is 5.82 Å². The van der Waals surface area contributed by atoms with Crippen LogP contribution in [0, 0.1) is 34.0 Å². The molecule has 0 aliphatic carbocycles. The highest BCUT2D eigenvalue weighted by atomic mass is 14.9. The molecular weight excluding hydrogens is 252 g/mol. The second-order valence-corrected chi connectivity index (χ2v) is 3.87. The van der Waals surface area contributed by atoms with E-state index in [1.165, 1.54) is 6.07 Å². The van der Waals surface area contributed by atoms with Gasteiger partial charge < -0.3 is 5.73 Å². The average Bonchev–Trinajstić information content (AvgIpc) is 2.49. The van der Waals surface area contributed by atoms with Crippen molar-refractivity contribution >= 4 is 5.82 Å². The van der Waals surface area contributed by atoms with Crippen LogP contribution in [-0.4, -0.2) is 9.97 Å². The van der Waals surface area contributed by atoms with E-state index in [-0.39, 0.29) is 17.1 Å². The Morgan fingerprint density at radius 1 is 1.15 bits per heavy atom. The second kappa shape index (κ2) is 5.48. The van der Waals surface area contributed by atoms with Crippen LogP contribution in [0.25, 0.3) is 11.3 Å². The quantitative estimate of drug-likeness (QED) is 0.876. The number of pyridine rings is 2. The summed E-state index contributed by atoms with van der Waals surface area (Å²) in [4.78, 5) is 8.17. The average molecular weight is 260 g/mol. The molecule has 0 fully saturated rings. The van der Waals surface area contributed by atoms with Crippen molar-refractivity contribution in [3.05, 3.63) is 41.7 Å². The van der Waals surface area contributed by atoms with Crippen molar-refractivity contribution in [3.8, 4) is 29.5 Å². The molecule has 94 valence electrons. The first-order valence-corrected chi connectivity index (χ1v) is 5.62. The van der Waals surface area contributed by atoms with Crippen LogP contribution in [0.5, 0.6) is 0 Å². The summed E-state index contributed by atoms with van der Waals surface area (Å²) >= 11 is 0. The van der Waals surface area contributed by atoms with E-state index in [0.29, 0.717) is 11.3 Å². The van der Waals surface area contributed by atoms with Gasteiger partial charge in [-0.2, -0.15) is 15.8 Å². The van der Waals surface area contributed by atoms with E-state index in [1.807, 2.05) is 6.07 Å². The Kier molecular flexibility index (Phi) is 3.56. The summed E-state index contributed by atoms with van der Waals surface area (Å²) in [6.07, 6.45) is 1.60. The normalized spacial score (nSPS) is 9.50. The molecule has 0 bridgehead atoms. The van der Waals surface area contributed by atoms with Crippen molar-refractivity contribution in [2.24, 2.45) is 0 Å². The van der Waals surface area contributed by atoms with Gasteiger partial charge in [-0.3, -0.25) is 4.98 Å². The van der Waals surface area contributed by atoms with E-state index in [9.17, 15) is 0 Å². The molecule has 6 nitrogen and oxygen atoms in total. The lowest BCUT2D eigenvalue weighted by Crippen LogP contribution is -2.05. The fourth-order valence-electron chi connectivity index (χ4n) is 1.73. The number of hydrogen-bond donors (Lipinski definition) is 1. The largest absolute Gasteiger partial charge is 0.383 e. The molecule has 0 radical (unpaired) electrons. The van der Waals surface area contributed by atoms with Crippen molar-refractivity contribution in [1.82, 2.24) is 9.97 Å². The fraction of sp³-hybridized carbons (Fsp3) is 0.0714. The molecule has 0 aliphatic heterocycles. The lowest BCUT2D eigenvalue weighted by Gasteiger charge is -2.09. The number of rotatable bonds is 2. The van der Waals surface area contributed by atoms with Crippen LogP contribution in [-0.2, 0) is 0 Å². The van der Waals surface area contributed by atoms with Crippen LogP contribution in [0.3, 0.4) is 0 Å². The van der Waals surface area contributed by atoms with E-state index in [1.54, 1.807) is 36.5 Å². The highest BCUT2D eigenvalue weighted by Crippen LogP contribution is 2.27. The van der Waals surface area contributed by atoms with Gasteiger partial charge >= 0.3 is 0 Å². The van der Waals surface area contributed by atoms with E-state index in [0.717, 1.165) is 0 Å². The predicted molar refractivity (Wildman–Crippen MR) is 70.6 cm³/mol. The summed E-state index contributed by atoms with van der Waals surface area (Å²) in [5, 5.41) is 27.0. The van der Waals surface area contributed by atoms with Gasteiger partial charge in [-0.25, -0.2) is 4.98 Å². The minimum atomic E-state index is -1.12. The maximum Gasteiger partial charge on any atom is 0.176 e. The smallest absolute Gasteiger partial charge is 0.176 e. The zero-order valence-corrected chi connectivity index (χ0v) is 10.3. The standard InChI is InChI=1S/C14H8N6/c15-6-9-5-11(12-3-1-2-4-19-12)14(18)20-13(9)10(7-16)8-17/h1-5,10H,(H2,18,20). The first-order valence-electron chi connectivity index (χ1n) is 5.62. The Labute approximate surface area is 115 Å². The van der Waals surface area contributed by atoms with Crippen LogP contribution in [0.2, 0.25) is 0 Å². The summed E-state index contributed by atoms with van der Waals surface area (Å²) in [5.74, 6) is -0.988. The van der Waals surface area contributed by atoms with Crippen molar-refractivity contribution in [3.63, 3.8) is 0 Å². The number of aromatic nitrogens is 2.